The Balaban J connectivity index is 0.00000420. The van der Waals surface area contributed by atoms with E-state index in [1.807, 2.05) is 31.2 Å². The molecule has 0 radical (unpaired) electrons. The van der Waals surface area contributed by atoms with Crippen LogP contribution in [0.5, 0.6) is 5.75 Å². The van der Waals surface area contributed by atoms with Gasteiger partial charge in [0.25, 0.3) is 5.91 Å². The first-order valence-electron chi connectivity index (χ1n) is 9.06. The molecular weight excluding hydrogens is 486 g/mol. The molecule has 2 rings (SSSR count). The number of aliphatic imine (C=N–C) groups is 1. The maximum absolute atomic E-state index is 12.9. The predicted molar refractivity (Wildman–Crippen MR) is 125 cm³/mol. The highest BCUT2D eigenvalue weighted by molar-refractivity contribution is 14.0. The molecule has 0 fully saturated rings. The van der Waals surface area contributed by atoms with Gasteiger partial charge < -0.3 is 20.3 Å². The van der Waals surface area contributed by atoms with Crippen molar-refractivity contribution >= 4 is 35.8 Å². The molecule has 158 valence electrons. The molecule has 0 aliphatic heterocycles. The summed E-state index contributed by atoms with van der Waals surface area (Å²) in [6, 6.07) is 13.4. The number of carbonyl (C=O) groups is 1. The Morgan fingerprint density at radius 1 is 1.10 bits per heavy atom. The Bertz CT molecular complexity index is 795. The van der Waals surface area contributed by atoms with Crippen LogP contribution < -0.4 is 15.4 Å². The van der Waals surface area contributed by atoms with Crippen molar-refractivity contribution in [1.29, 1.82) is 0 Å². The molecule has 29 heavy (non-hydrogen) atoms. The number of ether oxygens (including phenoxy) is 1. The van der Waals surface area contributed by atoms with Gasteiger partial charge in [-0.25, -0.2) is 4.39 Å². The van der Waals surface area contributed by atoms with Crippen molar-refractivity contribution in [3.05, 3.63) is 65.5 Å². The van der Waals surface area contributed by atoms with Crippen molar-refractivity contribution in [3.8, 4) is 5.75 Å². The number of nitrogens with one attached hydrogen (secondary N) is 2. The zero-order valence-electron chi connectivity index (χ0n) is 17.1. The van der Waals surface area contributed by atoms with Crippen molar-refractivity contribution < 1.29 is 13.9 Å². The Hall–Kier alpha value is -2.36. The summed E-state index contributed by atoms with van der Waals surface area (Å²) in [7, 11) is 5.15. The van der Waals surface area contributed by atoms with Gasteiger partial charge in [-0.15, -0.1) is 24.0 Å². The first-order chi connectivity index (χ1) is 13.4. The van der Waals surface area contributed by atoms with Gasteiger partial charge in [0.1, 0.15) is 17.7 Å². The summed E-state index contributed by atoms with van der Waals surface area (Å²) in [5, 5.41) is 6.42. The number of carbonyl (C=O) groups excluding carboxylic acids is 1. The number of halogens is 2. The molecule has 1 amide bonds. The molecule has 1 unspecified atom stereocenters. The van der Waals surface area contributed by atoms with Crippen LogP contribution in [0.4, 0.5) is 4.39 Å². The summed E-state index contributed by atoms with van der Waals surface area (Å²) in [6.07, 6.45) is -0.125. The SMILES string of the molecule is CN=C(NCc1ccc(C(=O)N(C)C)cc1)NCC(C)Oc1ccc(F)cc1.I. The summed E-state index contributed by atoms with van der Waals surface area (Å²) in [5.41, 5.74) is 1.69. The number of rotatable bonds is 7. The fourth-order valence-corrected chi connectivity index (χ4v) is 2.46. The van der Waals surface area contributed by atoms with E-state index < -0.39 is 0 Å². The molecule has 0 saturated carbocycles. The van der Waals surface area contributed by atoms with Gasteiger partial charge in [0, 0.05) is 33.3 Å². The second-order valence-electron chi connectivity index (χ2n) is 6.59. The maximum atomic E-state index is 12.9. The van der Waals surface area contributed by atoms with Crippen LogP contribution in [-0.2, 0) is 6.54 Å². The van der Waals surface area contributed by atoms with Gasteiger partial charge in [-0.3, -0.25) is 9.79 Å². The zero-order valence-corrected chi connectivity index (χ0v) is 19.4. The highest BCUT2D eigenvalue weighted by Gasteiger charge is 2.08. The highest BCUT2D eigenvalue weighted by Crippen LogP contribution is 2.12. The summed E-state index contributed by atoms with van der Waals surface area (Å²) < 4.78 is 18.7. The summed E-state index contributed by atoms with van der Waals surface area (Å²) in [4.78, 5) is 17.7. The largest absolute Gasteiger partial charge is 0.489 e. The fourth-order valence-electron chi connectivity index (χ4n) is 2.46. The molecule has 6 nitrogen and oxygen atoms in total. The lowest BCUT2D eigenvalue weighted by Crippen LogP contribution is -2.41. The van der Waals surface area contributed by atoms with E-state index in [9.17, 15) is 9.18 Å². The quantitative estimate of drug-likeness (QED) is 0.338. The smallest absolute Gasteiger partial charge is 0.253 e. The number of nitrogens with zero attached hydrogens (tertiary/aromatic N) is 2. The van der Waals surface area contributed by atoms with Crippen LogP contribution in [0.3, 0.4) is 0 Å². The van der Waals surface area contributed by atoms with Crippen LogP contribution in [0, 0.1) is 5.82 Å². The minimum atomic E-state index is -0.290. The van der Waals surface area contributed by atoms with E-state index in [0.717, 1.165) is 5.56 Å². The van der Waals surface area contributed by atoms with Crippen molar-refractivity contribution in [3.63, 3.8) is 0 Å². The minimum absolute atomic E-state index is 0. The number of hydrogen-bond donors (Lipinski definition) is 2. The first-order valence-corrected chi connectivity index (χ1v) is 9.06. The third-order valence-electron chi connectivity index (χ3n) is 4.00. The molecule has 1 atom stereocenters. The van der Waals surface area contributed by atoms with E-state index in [1.54, 1.807) is 38.2 Å². The average Bonchev–Trinajstić information content (AvgIpc) is 2.69. The van der Waals surface area contributed by atoms with E-state index in [2.05, 4.69) is 15.6 Å². The van der Waals surface area contributed by atoms with Gasteiger partial charge in [0.15, 0.2) is 5.96 Å². The third-order valence-corrected chi connectivity index (χ3v) is 4.00. The van der Waals surface area contributed by atoms with Crippen LogP contribution in [0.15, 0.2) is 53.5 Å². The molecule has 0 saturated heterocycles. The molecule has 2 aromatic carbocycles. The topological polar surface area (TPSA) is 66.0 Å². The van der Waals surface area contributed by atoms with Crippen LogP contribution in [0.2, 0.25) is 0 Å². The molecule has 0 aliphatic carbocycles. The van der Waals surface area contributed by atoms with Crippen molar-refractivity contribution in [2.24, 2.45) is 4.99 Å². The van der Waals surface area contributed by atoms with E-state index in [0.29, 0.717) is 30.4 Å². The summed E-state index contributed by atoms with van der Waals surface area (Å²) in [5.74, 6) is 0.947. The van der Waals surface area contributed by atoms with E-state index in [-0.39, 0.29) is 41.8 Å². The average molecular weight is 514 g/mol. The van der Waals surface area contributed by atoms with Gasteiger partial charge in [-0.05, 0) is 48.9 Å². The molecular formula is C21H28FIN4O2. The minimum Gasteiger partial charge on any atom is -0.489 e. The van der Waals surface area contributed by atoms with E-state index in [4.69, 9.17) is 4.74 Å². The maximum Gasteiger partial charge on any atom is 0.253 e. The van der Waals surface area contributed by atoms with Crippen molar-refractivity contribution in [2.45, 2.75) is 19.6 Å². The number of amides is 1. The van der Waals surface area contributed by atoms with Crippen molar-refractivity contribution in [1.82, 2.24) is 15.5 Å². The van der Waals surface area contributed by atoms with Gasteiger partial charge in [-0.2, -0.15) is 0 Å². The van der Waals surface area contributed by atoms with E-state index in [1.165, 1.54) is 12.1 Å². The van der Waals surface area contributed by atoms with Gasteiger partial charge in [0.05, 0.1) is 6.54 Å². The molecule has 0 bridgehead atoms. The summed E-state index contributed by atoms with van der Waals surface area (Å²) in [6.45, 7) is 3.03. The standard InChI is InChI=1S/C21H27FN4O2.HI/c1-15(28-19-11-9-18(22)10-12-19)13-24-21(23-2)25-14-16-5-7-17(8-6-16)20(27)26(3)4;/h5-12,15H,13-14H2,1-4H3,(H2,23,24,25);1H. The number of hydrogen-bond acceptors (Lipinski definition) is 3. The molecule has 0 heterocycles. The van der Waals surface area contributed by atoms with Crippen LogP contribution >= 0.6 is 24.0 Å². The second-order valence-corrected chi connectivity index (χ2v) is 6.59. The van der Waals surface area contributed by atoms with Crippen LogP contribution in [0.25, 0.3) is 0 Å². The van der Waals surface area contributed by atoms with Gasteiger partial charge in [0.2, 0.25) is 0 Å². The fraction of sp³-hybridized carbons (Fsp3) is 0.333. The molecule has 0 aliphatic rings. The summed E-state index contributed by atoms with van der Waals surface area (Å²) >= 11 is 0. The Morgan fingerprint density at radius 2 is 1.72 bits per heavy atom. The molecule has 0 aromatic heterocycles. The van der Waals surface area contributed by atoms with Crippen molar-refractivity contribution in [2.75, 3.05) is 27.7 Å². The number of guanidine groups is 1. The molecule has 0 spiro atoms. The van der Waals surface area contributed by atoms with Crippen LogP contribution in [0.1, 0.15) is 22.8 Å². The van der Waals surface area contributed by atoms with E-state index >= 15 is 0 Å². The number of benzene rings is 2. The highest BCUT2D eigenvalue weighted by atomic mass is 127. The lowest BCUT2D eigenvalue weighted by Gasteiger charge is -2.18. The van der Waals surface area contributed by atoms with Crippen LogP contribution in [-0.4, -0.2) is 50.6 Å². The Kier molecular flexibility index (Phi) is 10.4. The zero-order chi connectivity index (χ0) is 20.5. The first kappa shape index (κ1) is 24.7. The molecule has 2 N–H and O–H groups in total. The Labute approximate surface area is 188 Å². The monoisotopic (exact) mass is 514 g/mol. The van der Waals surface area contributed by atoms with Gasteiger partial charge in [-0.1, -0.05) is 12.1 Å². The lowest BCUT2D eigenvalue weighted by molar-refractivity contribution is 0.0827. The predicted octanol–water partition coefficient (Wildman–Crippen LogP) is 3.28. The van der Waals surface area contributed by atoms with Gasteiger partial charge >= 0.3 is 0 Å². The third kappa shape index (κ3) is 8.26. The second kappa shape index (κ2) is 12.3. The Morgan fingerprint density at radius 3 is 2.28 bits per heavy atom. The molecule has 2 aromatic rings. The lowest BCUT2D eigenvalue weighted by atomic mass is 10.1. The molecule has 8 heteroatoms. The normalized spacial score (nSPS) is 11.8.